The molecule has 0 aliphatic carbocycles. The summed E-state index contributed by atoms with van der Waals surface area (Å²) in [5.41, 5.74) is 0.962. The van der Waals surface area contributed by atoms with Crippen molar-refractivity contribution in [3.63, 3.8) is 0 Å². The molecule has 0 bridgehead atoms. The molecule has 148 valence electrons. The Hall–Kier alpha value is -4.11. The number of nitrogens with zero attached hydrogens (tertiary/aromatic N) is 1. The maximum atomic E-state index is 14.0. The number of terminal acetylenes is 1. The molecule has 4 rings (SSSR count). The summed E-state index contributed by atoms with van der Waals surface area (Å²) in [6.45, 7) is -0.0983. The van der Waals surface area contributed by atoms with Gasteiger partial charge in [-0.3, -0.25) is 9.69 Å². The van der Waals surface area contributed by atoms with Crippen molar-refractivity contribution in [2.45, 2.75) is 6.54 Å². The highest BCUT2D eigenvalue weighted by Crippen LogP contribution is 2.31. The van der Waals surface area contributed by atoms with Gasteiger partial charge in [0.05, 0.1) is 6.54 Å². The number of nitrogens with one attached hydrogen (secondary N) is 1. The van der Waals surface area contributed by atoms with Gasteiger partial charge in [-0.2, -0.15) is 0 Å². The standard InChI is InChI=1S/C24H17FN2O3/c1-2-13-30-22-12-11-16-7-3-5-9-18(16)19(22)14-21-23(28)27(24(29)26-21)15-17-8-4-6-10-20(17)25/h1,3-12,14H,13,15H2,(H,26,29)/b21-14+. The zero-order valence-electron chi connectivity index (χ0n) is 15.9. The first-order valence-electron chi connectivity index (χ1n) is 9.24. The molecule has 1 fully saturated rings. The Morgan fingerprint density at radius 2 is 1.83 bits per heavy atom. The van der Waals surface area contributed by atoms with E-state index in [4.69, 9.17) is 11.2 Å². The second-order valence-electron chi connectivity index (χ2n) is 6.66. The average Bonchev–Trinajstić information content (AvgIpc) is 3.02. The lowest BCUT2D eigenvalue weighted by atomic mass is 10.0. The smallest absolute Gasteiger partial charge is 0.329 e. The monoisotopic (exact) mass is 400 g/mol. The van der Waals surface area contributed by atoms with Crippen LogP contribution in [-0.2, 0) is 11.3 Å². The molecule has 5 nitrogen and oxygen atoms in total. The fourth-order valence-electron chi connectivity index (χ4n) is 3.33. The van der Waals surface area contributed by atoms with Crippen LogP contribution in [0.2, 0.25) is 0 Å². The van der Waals surface area contributed by atoms with Crippen molar-refractivity contribution in [2.24, 2.45) is 0 Å². The number of carbonyl (C=O) groups excluding carboxylic acids is 2. The minimum absolute atomic E-state index is 0.0637. The van der Waals surface area contributed by atoms with Gasteiger partial charge < -0.3 is 10.1 Å². The molecule has 3 amide bonds. The Morgan fingerprint density at radius 1 is 1.07 bits per heavy atom. The number of urea groups is 1. The van der Waals surface area contributed by atoms with E-state index in [1.807, 2.05) is 30.3 Å². The second-order valence-corrected chi connectivity index (χ2v) is 6.66. The average molecular weight is 400 g/mol. The van der Waals surface area contributed by atoms with E-state index in [2.05, 4.69) is 11.2 Å². The minimum Gasteiger partial charge on any atom is -0.480 e. The molecule has 0 radical (unpaired) electrons. The molecule has 1 saturated heterocycles. The van der Waals surface area contributed by atoms with Gasteiger partial charge >= 0.3 is 6.03 Å². The van der Waals surface area contributed by atoms with E-state index in [0.717, 1.165) is 15.7 Å². The number of carbonyl (C=O) groups is 2. The predicted octanol–water partition coefficient (Wildman–Crippen LogP) is 4.08. The third kappa shape index (κ3) is 3.61. The molecular weight excluding hydrogens is 383 g/mol. The molecule has 0 aromatic heterocycles. The van der Waals surface area contributed by atoms with Gasteiger partial charge in [0.25, 0.3) is 5.91 Å². The highest BCUT2D eigenvalue weighted by Gasteiger charge is 2.34. The van der Waals surface area contributed by atoms with Crippen molar-refractivity contribution in [3.05, 3.63) is 83.3 Å². The lowest BCUT2D eigenvalue weighted by Gasteiger charge is -2.12. The van der Waals surface area contributed by atoms with Crippen LogP contribution in [0.25, 0.3) is 16.8 Å². The van der Waals surface area contributed by atoms with Gasteiger partial charge in [0.1, 0.15) is 23.9 Å². The van der Waals surface area contributed by atoms with Crippen LogP contribution >= 0.6 is 0 Å². The van der Waals surface area contributed by atoms with E-state index >= 15 is 0 Å². The number of ether oxygens (including phenoxy) is 1. The summed E-state index contributed by atoms with van der Waals surface area (Å²) < 4.78 is 19.6. The summed E-state index contributed by atoms with van der Waals surface area (Å²) in [5, 5.41) is 4.35. The summed E-state index contributed by atoms with van der Waals surface area (Å²) in [6, 6.07) is 16.7. The zero-order chi connectivity index (χ0) is 21.1. The van der Waals surface area contributed by atoms with Crippen molar-refractivity contribution in [3.8, 4) is 18.1 Å². The molecule has 0 atom stereocenters. The Morgan fingerprint density at radius 3 is 2.63 bits per heavy atom. The SMILES string of the molecule is C#CCOc1ccc2ccccc2c1/C=C1/NC(=O)N(Cc2ccccc2F)C1=O. The number of imide groups is 1. The van der Waals surface area contributed by atoms with Crippen LogP contribution in [-0.4, -0.2) is 23.4 Å². The molecule has 6 heteroatoms. The van der Waals surface area contributed by atoms with Gasteiger partial charge in [0.2, 0.25) is 0 Å². The topological polar surface area (TPSA) is 58.6 Å². The van der Waals surface area contributed by atoms with E-state index in [-0.39, 0.29) is 24.4 Å². The van der Waals surface area contributed by atoms with Gasteiger partial charge in [-0.25, -0.2) is 9.18 Å². The Bertz CT molecular complexity index is 1230. The van der Waals surface area contributed by atoms with Crippen molar-refractivity contribution in [2.75, 3.05) is 6.61 Å². The van der Waals surface area contributed by atoms with E-state index < -0.39 is 17.8 Å². The number of halogens is 1. The van der Waals surface area contributed by atoms with E-state index in [0.29, 0.717) is 11.3 Å². The zero-order valence-corrected chi connectivity index (χ0v) is 15.9. The van der Waals surface area contributed by atoms with Crippen LogP contribution in [0.3, 0.4) is 0 Å². The quantitative estimate of drug-likeness (QED) is 0.399. The van der Waals surface area contributed by atoms with Crippen LogP contribution < -0.4 is 10.1 Å². The number of benzene rings is 3. The molecule has 1 heterocycles. The van der Waals surface area contributed by atoms with Crippen molar-refractivity contribution in [1.82, 2.24) is 10.2 Å². The number of fused-ring (bicyclic) bond motifs is 1. The van der Waals surface area contributed by atoms with E-state index in [1.54, 1.807) is 24.3 Å². The first kappa shape index (κ1) is 19.2. The lowest BCUT2D eigenvalue weighted by Crippen LogP contribution is -2.30. The number of amides is 3. The summed E-state index contributed by atoms with van der Waals surface area (Å²) in [6.07, 6.45) is 6.87. The highest BCUT2D eigenvalue weighted by molar-refractivity contribution is 6.14. The fraction of sp³-hybridized carbons (Fsp3) is 0.0833. The molecule has 30 heavy (non-hydrogen) atoms. The van der Waals surface area contributed by atoms with Crippen LogP contribution in [0.1, 0.15) is 11.1 Å². The van der Waals surface area contributed by atoms with Crippen LogP contribution in [0.4, 0.5) is 9.18 Å². The largest absolute Gasteiger partial charge is 0.480 e. The molecule has 3 aromatic rings. The van der Waals surface area contributed by atoms with Gasteiger partial charge in [0, 0.05) is 11.1 Å². The van der Waals surface area contributed by atoms with Crippen molar-refractivity contribution in [1.29, 1.82) is 0 Å². The second kappa shape index (κ2) is 8.10. The molecule has 3 aromatic carbocycles. The van der Waals surface area contributed by atoms with Gasteiger partial charge in [-0.1, -0.05) is 54.5 Å². The maximum Gasteiger partial charge on any atom is 0.329 e. The number of rotatable bonds is 5. The molecule has 1 aliphatic heterocycles. The highest BCUT2D eigenvalue weighted by atomic mass is 19.1. The molecule has 0 spiro atoms. The molecule has 0 unspecified atom stereocenters. The Kier molecular flexibility index (Phi) is 5.19. The normalized spacial score (nSPS) is 14.8. The first-order valence-corrected chi connectivity index (χ1v) is 9.24. The fourth-order valence-corrected chi connectivity index (χ4v) is 3.33. The molecule has 0 saturated carbocycles. The van der Waals surface area contributed by atoms with E-state index in [1.165, 1.54) is 12.1 Å². The van der Waals surface area contributed by atoms with Crippen molar-refractivity contribution < 1.29 is 18.7 Å². The summed E-state index contributed by atoms with van der Waals surface area (Å²) in [5.74, 6) is 1.89. The van der Waals surface area contributed by atoms with E-state index in [9.17, 15) is 14.0 Å². The van der Waals surface area contributed by atoms with Gasteiger partial charge in [0.15, 0.2) is 0 Å². The minimum atomic E-state index is -0.610. The summed E-state index contributed by atoms with van der Waals surface area (Å²) in [4.78, 5) is 26.2. The lowest BCUT2D eigenvalue weighted by molar-refractivity contribution is -0.123. The van der Waals surface area contributed by atoms with Gasteiger partial charge in [-0.15, -0.1) is 6.42 Å². The van der Waals surface area contributed by atoms with Gasteiger partial charge in [-0.05, 0) is 29.0 Å². The van der Waals surface area contributed by atoms with Crippen molar-refractivity contribution >= 4 is 28.8 Å². The van der Waals surface area contributed by atoms with Crippen LogP contribution in [0.15, 0.2) is 66.4 Å². The first-order chi connectivity index (χ1) is 14.6. The molecule has 1 N–H and O–H groups in total. The third-order valence-electron chi connectivity index (χ3n) is 4.78. The summed E-state index contributed by atoms with van der Waals surface area (Å²) in [7, 11) is 0. The number of hydrogen-bond donors (Lipinski definition) is 1. The Labute approximate surface area is 172 Å². The molecule has 1 aliphatic rings. The Balaban J connectivity index is 1.72. The third-order valence-corrected chi connectivity index (χ3v) is 4.78. The number of hydrogen-bond acceptors (Lipinski definition) is 3. The molecular formula is C24H17FN2O3. The van der Waals surface area contributed by atoms with Crippen LogP contribution in [0, 0.1) is 18.2 Å². The maximum absolute atomic E-state index is 14.0. The van der Waals surface area contributed by atoms with Crippen LogP contribution in [0.5, 0.6) is 5.75 Å². The summed E-state index contributed by atoms with van der Waals surface area (Å²) >= 11 is 0. The predicted molar refractivity (Wildman–Crippen MR) is 112 cm³/mol.